The molecule has 0 aliphatic rings. The van der Waals surface area contributed by atoms with Gasteiger partial charge in [-0.25, -0.2) is 0 Å². The van der Waals surface area contributed by atoms with Crippen LogP contribution in [-0.4, -0.2) is 13.6 Å². The SMILES string of the molecule is CC(C)=CCN(C)c1cccc(C#N)c1. The standard InChI is InChI=1S/C13H16N2/c1-11(2)7-8-15(3)13-6-4-5-12(9-13)10-14/h4-7,9H,8H2,1-3H3. The molecule has 0 saturated carbocycles. The van der Waals surface area contributed by atoms with Crippen LogP contribution < -0.4 is 4.90 Å². The molecular weight excluding hydrogens is 184 g/mol. The number of likely N-dealkylation sites (N-methyl/N-ethyl adjacent to an activating group) is 1. The molecule has 0 bridgehead atoms. The molecular formula is C13H16N2. The number of allylic oxidation sites excluding steroid dienone is 1. The van der Waals surface area contributed by atoms with E-state index in [0.717, 1.165) is 12.2 Å². The quantitative estimate of drug-likeness (QED) is 0.701. The minimum Gasteiger partial charge on any atom is -0.371 e. The first-order valence-electron chi connectivity index (χ1n) is 4.98. The Morgan fingerprint density at radius 1 is 1.47 bits per heavy atom. The molecule has 0 aliphatic heterocycles. The highest BCUT2D eigenvalue weighted by atomic mass is 15.1. The van der Waals surface area contributed by atoms with Crippen molar-refractivity contribution in [3.8, 4) is 6.07 Å². The first-order chi connectivity index (χ1) is 7.13. The maximum atomic E-state index is 8.78. The van der Waals surface area contributed by atoms with Gasteiger partial charge in [0.15, 0.2) is 0 Å². The van der Waals surface area contributed by atoms with Crippen molar-refractivity contribution in [1.29, 1.82) is 5.26 Å². The predicted molar refractivity (Wildman–Crippen MR) is 63.9 cm³/mol. The first-order valence-corrected chi connectivity index (χ1v) is 4.98. The van der Waals surface area contributed by atoms with Gasteiger partial charge in [0.1, 0.15) is 0 Å². The van der Waals surface area contributed by atoms with Crippen molar-refractivity contribution < 1.29 is 0 Å². The fourth-order valence-electron chi connectivity index (χ4n) is 1.24. The van der Waals surface area contributed by atoms with Crippen molar-refractivity contribution in [2.75, 3.05) is 18.5 Å². The Balaban J connectivity index is 2.78. The van der Waals surface area contributed by atoms with Gasteiger partial charge in [0.05, 0.1) is 11.6 Å². The van der Waals surface area contributed by atoms with E-state index in [1.807, 2.05) is 31.3 Å². The number of anilines is 1. The number of rotatable bonds is 3. The largest absolute Gasteiger partial charge is 0.371 e. The normalized spacial score (nSPS) is 9.20. The lowest BCUT2D eigenvalue weighted by Crippen LogP contribution is -2.16. The van der Waals surface area contributed by atoms with E-state index in [2.05, 4.69) is 30.9 Å². The second kappa shape index (κ2) is 5.21. The van der Waals surface area contributed by atoms with Gasteiger partial charge in [-0.3, -0.25) is 0 Å². The molecule has 0 aromatic heterocycles. The number of nitriles is 1. The summed E-state index contributed by atoms with van der Waals surface area (Å²) in [6, 6.07) is 9.79. The summed E-state index contributed by atoms with van der Waals surface area (Å²) in [7, 11) is 2.02. The summed E-state index contributed by atoms with van der Waals surface area (Å²) in [6.45, 7) is 5.04. The van der Waals surface area contributed by atoms with Crippen molar-refractivity contribution in [2.45, 2.75) is 13.8 Å². The fraction of sp³-hybridized carbons (Fsp3) is 0.308. The first kappa shape index (κ1) is 11.3. The molecule has 2 heteroatoms. The molecule has 0 heterocycles. The van der Waals surface area contributed by atoms with Crippen molar-refractivity contribution in [3.63, 3.8) is 0 Å². The molecule has 78 valence electrons. The van der Waals surface area contributed by atoms with Crippen LogP contribution >= 0.6 is 0 Å². The van der Waals surface area contributed by atoms with E-state index >= 15 is 0 Å². The number of hydrogen-bond donors (Lipinski definition) is 0. The summed E-state index contributed by atoms with van der Waals surface area (Å²) >= 11 is 0. The van der Waals surface area contributed by atoms with Crippen LogP contribution in [-0.2, 0) is 0 Å². The van der Waals surface area contributed by atoms with Gasteiger partial charge in [0.2, 0.25) is 0 Å². The third kappa shape index (κ3) is 3.47. The molecule has 0 atom stereocenters. The smallest absolute Gasteiger partial charge is 0.0992 e. The lowest BCUT2D eigenvalue weighted by Gasteiger charge is -2.17. The Morgan fingerprint density at radius 3 is 2.80 bits per heavy atom. The van der Waals surface area contributed by atoms with Crippen LogP contribution in [0.5, 0.6) is 0 Å². The summed E-state index contributed by atoms with van der Waals surface area (Å²) < 4.78 is 0. The third-order valence-electron chi connectivity index (χ3n) is 2.19. The van der Waals surface area contributed by atoms with E-state index in [-0.39, 0.29) is 0 Å². The van der Waals surface area contributed by atoms with Crippen LogP contribution in [0.4, 0.5) is 5.69 Å². The Bertz CT molecular complexity index is 395. The maximum absolute atomic E-state index is 8.78. The fourth-order valence-corrected chi connectivity index (χ4v) is 1.24. The van der Waals surface area contributed by atoms with Crippen molar-refractivity contribution in [2.24, 2.45) is 0 Å². The molecule has 0 aliphatic carbocycles. The van der Waals surface area contributed by atoms with Gasteiger partial charge in [0.25, 0.3) is 0 Å². The van der Waals surface area contributed by atoms with Crippen LogP contribution in [0, 0.1) is 11.3 Å². The van der Waals surface area contributed by atoms with E-state index in [4.69, 9.17) is 5.26 Å². The highest BCUT2D eigenvalue weighted by Gasteiger charge is 1.99. The molecule has 0 unspecified atom stereocenters. The summed E-state index contributed by atoms with van der Waals surface area (Å²) in [6.07, 6.45) is 2.17. The van der Waals surface area contributed by atoms with Crippen molar-refractivity contribution in [1.82, 2.24) is 0 Å². The Kier molecular flexibility index (Phi) is 3.93. The van der Waals surface area contributed by atoms with E-state index in [1.54, 1.807) is 0 Å². The molecule has 0 saturated heterocycles. The Hall–Kier alpha value is -1.75. The summed E-state index contributed by atoms with van der Waals surface area (Å²) in [5.74, 6) is 0. The van der Waals surface area contributed by atoms with Crippen LogP contribution in [0.25, 0.3) is 0 Å². The molecule has 0 amide bonds. The molecule has 15 heavy (non-hydrogen) atoms. The zero-order valence-corrected chi connectivity index (χ0v) is 9.49. The number of nitrogens with zero attached hydrogens (tertiary/aromatic N) is 2. The molecule has 1 rings (SSSR count). The second-order valence-corrected chi connectivity index (χ2v) is 3.82. The molecule has 2 nitrogen and oxygen atoms in total. The van der Waals surface area contributed by atoms with Crippen LogP contribution in [0.2, 0.25) is 0 Å². The Labute approximate surface area is 91.4 Å². The number of hydrogen-bond acceptors (Lipinski definition) is 2. The average Bonchev–Trinajstić information content (AvgIpc) is 2.26. The second-order valence-electron chi connectivity index (χ2n) is 3.82. The molecule has 0 N–H and O–H groups in total. The van der Waals surface area contributed by atoms with Gasteiger partial charge >= 0.3 is 0 Å². The molecule has 1 aromatic rings. The highest BCUT2D eigenvalue weighted by Crippen LogP contribution is 2.14. The van der Waals surface area contributed by atoms with Gasteiger partial charge in [0, 0.05) is 19.3 Å². The predicted octanol–water partition coefficient (Wildman–Crippen LogP) is 2.96. The average molecular weight is 200 g/mol. The topological polar surface area (TPSA) is 27.0 Å². The summed E-state index contributed by atoms with van der Waals surface area (Å²) in [5.41, 5.74) is 3.08. The lowest BCUT2D eigenvalue weighted by molar-refractivity contribution is 1.02. The lowest BCUT2D eigenvalue weighted by atomic mass is 10.2. The van der Waals surface area contributed by atoms with Gasteiger partial charge in [-0.2, -0.15) is 5.26 Å². The van der Waals surface area contributed by atoms with Gasteiger partial charge in [-0.1, -0.05) is 17.7 Å². The van der Waals surface area contributed by atoms with Crippen molar-refractivity contribution >= 4 is 5.69 Å². The van der Waals surface area contributed by atoms with Crippen LogP contribution in [0.1, 0.15) is 19.4 Å². The van der Waals surface area contributed by atoms with Crippen molar-refractivity contribution in [3.05, 3.63) is 41.5 Å². The maximum Gasteiger partial charge on any atom is 0.0992 e. The minimum absolute atomic E-state index is 0.705. The monoisotopic (exact) mass is 200 g/mol. The number of benzene rings is 1. The van der Waals surface area contributed by atoms with E-state index in [0.29, 0.717) is 5.56 Å². The summed E-state index contributed by atoms with van der Waals surface area (Å²) in [4.78, 5) is 2.12. The minimum atomic E-state index is 0.705. The molecule has 0 spiro atoms. The Morgan fingerprint density at radius 2 is 2.20 bits per heavy atom. The molecule has 0 radical (unpaired) electrons. The summed E-state index contributed by atoms with van der Waals surface area (Å²) in [5, 5.41) is 8.78. The van der Waals surface area contributed by atoms with Crippen LogP contribution in [0.15, 0.2) is 35.9 Å². The molecule has 1 aromatic carbocycles. The molecule has 0 fully saturated rings. The van der Waals surface area contributed by atoms with E-state index < -0.39 is 0 Å². The van der Waals surface area contributed by atoms with E-state index in [9.17, 15) is 0 Å². The van der Waals surface area contributed by atoms with Gasteiger partial charge in [-0.05, 0) is 32.0 Å². The van der Waals surface area contributed by atoms with Gasteiger partial charge < -0.3 is 4.90 Å². The zero-order chi connectivity index (χ0) is 11.3. The zero-order valence-electron chi connectivity index (χ0n) is 9.49. The third-order valence-corrected chi connectivity index (χ3v) is 2.19. The van der Waals surface area contributed by atoms with Crippen LogP contribution in [0.3, 0.4) is 0 Å². The highest BCUT2D eigenvalue weighted by molar-refractivity contribution is 5.51. The van der Waals surface area contributed by atoms with E-state index in [1.165, 1.54) is 5.57 Å². The van der Waals surface area contributed by atoms with Gasteiger partial charge in [-0.15, -0.1) is 0 Å².